The van der Waals surface area contributed by atoms with Crippen molar-refractivity contribution in [1.82, 2.24) is 4.90 Å². The molecule has 0 aliphatic rings. The topological polar surface area (TPSA) is 70.7 Å². The van der Waals surface area contributed by atoms with Crippen LogP contribution in [0.25, 0.3) is 0 Å². The maximum Gasteiger partial charge on any atom is 0.238 e. The van der Waals surface area contributed by atoms with Crippen LogP contribution >= 0.6 is 11.6 Å². The van der Waals surface area contributed by atoms with Crippen LogP contribution in [0.2, 0.25) is 5.02 Å². The van der Waals surface area contributed by atoms with E-state index in [-0.39, 0.29) is 24.9 Å². The Morgan fingerprint density at radius 3 is 2.19 bits per heavy atom. The lowest BCUT2D eigenvalue weighted by Crippen LogP contribution is -2.36. The number of anilines is 2. The van der Waals surface area contributed by atoms with Gasteiger partial charge in [0.25, 0.3) is 0 Å². The highest BCUT2D eigenvalue weighted by atomic mass is 35.5. The number of likely N-dealkylation sites (N-methyl/N-ethyl adjacent to an activating group) is 1. The van der Waals surface area contributed by atoms with Crippen molar-refractivity contribution in [3.05, 3.63) is 52.5 Å². The minimum atomic E-state index is -0.266. The van der Waals surface area contributed by atoms with Gasteiger partial charge in [0.2, 0.25) is 11.8 Å². The predicted molar refractivity (Wildman–Crippen MR) is 109 cm³/mol. The molecule has 2 amide bonds. The van der Waals surface area contributed by atoms with Crippen LogP contribution in [0, 0.1) is 13.8 Å². The summed E-state index contributed by atoms with van der Waals surface area (Å²) in [6.45, 7) is 4.09. The number of ether oxygens (including phenoxy) is 1. The first-order chi connectivity index (χ1) is 12.8. The Bertz CT molecular complexity index is 819. The minimum Gasteiger partial charge on any atom is -0.495 e. The molecule has 0 radical (unpaired) electrons. The van der Waals surface area contributed by atoms with Gasteiger partial charge >= 0.3 is 0 Å². The summed E-state index contributed by atoms with van der Waals surface area (Å²) in [6, 6.07) is 10.8. The minimum absolute atomic E-state index is 0.0515. The summed E-state index contributed by atoms with van der Waals surface area (Å²) in [4.78, 5) is 26.1. The smallest absolute Gasteiger partial charge is 0.238 e. The molecule has 2 aromatic carbocycles. The number of aryl methyl sites for hydroxylation is 2. The zero-order valence-corrected chi connectivity index (χ0v) is 16.7. The second kappa shape index (κ2) is 9.39. The highest BCUT2D eigenvalue weighted by molar-refractivity contribution is 6.31. The van der Waals surface area contributed by atoms with E-state index < -0.39 is 0 Å². The van der Waals surface area contributed by atoms with Gasteiger partial charge in [0.1, 0.15) is 5.75 Å². The molecule has 0 aromatic heterocycles. The Kier molecular flexibility index (Phi) is 7.21. The fourth-order valence-electron chi connectivity index (χ4n) is 2.76. The molecule has 2 rings (SSSR count). The van der Waals surface area contributed by atoms with Crippen molar-refractivity contribution >= 4 is 34.8 Å². The lowest BCUT2D eigenvalue weighted by atomic mass is 10.1. The van der Waals surface area contributed by atoms with Crippen LogP contribution in [0.4, 0.5) is 11.4 Å². The molecule has 0 unspecified atom stereocenters. The Hall–Kier alpha value is -2.57. The quantitative estimate of drug-likeness (QED) is 0.760. The standard InChI is InChI=1S/C20H24ClN3O3/c1-13-7-14(2)9-16(8-13)22-19(25)11-24(3)12-20(26)23-17-10-15(21)5-6-18(17)27-4/h5-10H,11-12H2,1-4H3,(H,22,25)(H,23,26). The average molecular weight is 390 g/mol. The molecular weight excluding hydrogens is 366 g/mol. The third kappa shape index (κ3) is 6.58. The van der Waals surface area contributed by atoms with Crippen molar-refractivity contribution < 1.29 is 14.3 Å². The van der Waals surface area contributed by atoms with Gasteiger partial charge in [0, 0.05) is 10.7 Å². The van der Waals surface area contributed by atoms with Gasteiger partial charge in [-0.25, -0.2) is 0 Å². The maximum absolute atomic E-state index is 12.2. The Morgan fingerprint density at radius 2 is 1.59 bits per heavy atom. The number of nitrogens with one attached hydrogen (secondary N) is 2. The van der Waals surface area contributed by atoms with Crippen molar-refractivity contribution in [3.8, 4) is 5.75 Å². The van der Waals surface area contributed by atoms with E-state index in [4.69, 9.17) is 16.3 Å². The van der Waals surface area contributed by atoms with Crippen LogP contribution in [0.3, 0.4) is 0 Å². The lowest BCUT2D eigenvalue weighted by Gasteiger charge is -2.17. The molecule has 0 bridgehead atoms. The Balaban J connectivity index is 1.89. The van der Waals surface area contributed by atoms with Gasteiger partial charge in [-0.05, 0) is 62.4 Å². The normalized spacial score (nSPS) is 10.6. The average Bonchev–Trinajstić information content (AvgIpc) is 2.53. The van der Waals surface area contributed by atoms with Crippen molar-refractivity contribution in [2.45, 2.75) is 13.8 Å². The number of hydrogen-bond acceptors (Lipinski definition) is 4. The van der Waals surface area contributed by atoms with Crippen LogP contribution in [0.5, 0.6) is 5.75 Å². The van der Waals surface area contributed by atoms with Gasteiger partial charge in [0.05, 0.1) is 25.9 Å². The molecule has 6 nitrogen and oxygen atoms in total. The van der Waals surface area contributed by atoms with Crippen molar-refractivity contribution in [3.63, 3.8) is 0 Å². The largest absolute Gasteiger partial charge is 0.495 e. The molecule has 0 saturated carbocycles. The third-order valence-corrected chi connectivity index (χ3v) is 4.00. The molecule has 0 heterocycles. The summed E-state index contributed by atoms with van der Waals surface area (Å²) in [5.74, 6) is 0.0656. The van der Waals surface area contributed by atoms with E-state index in [1.54, 1.807) is 30.1 Å². The highest BCUT2D eigenvalue weighted by Gasteiger charge is 2.13. The first-order valence-electron chi connectivity index (χ1n) is 8.47. The summed E-state index contributed by atoms with van der Waals surface area (Å²) in [6.07, 6.45) is 0. The lowest BCUT2D eigenvalue weighted by molar-refractivity contribution is -0.119. The molecule has 0 saturated heterocycles. The molecule has 144 valence electrons. The van der Waals surface area contributed by atoms with Crippen LogP contribution in [-0.4, -0.2) is 44.0 Å². The van der Waals surface area contributed by atoms with E-state index in [0.717, 1.165) is 16.8 Å². The Morgan fingerprint density at radius 1 is 1.00 bits per heavy atom. The summed E-state index contributed by atoms with van der Waals surface area (Å²) in [5.41, 5.74) is 3.39. The molecule has 2 N–H and O–H groups in total. The van der Waals surface area contributed by atoms with Gasteiger partial charge in [-0.3, -0.25) is 14.5 Å². The number of nitrogens with zero attached hydrogens (tertiary/aromatic N) is 1. The first-order valence-corrected chi connectivity index (χ1v) is 8.84. The van der Waals surface area contributed by atoms with E-state index in [1.807, 2.05) is 32.0 Å². The second-order valence-electron chi connectivity index (χ2n) is 6.49. The molecule has 0 fully saturated rings. The summed E-state index contributed by atoms with van der Waals surface area (Å²) in [5, 5.41) is 6.10. The van der Waals surface area contributed by atoms with Gasteiger partial charge < -0.3 is 15.4 Å². The van der Waals surface area contributed by atoms with Crippen LogP contribution in [0.1, 0.15) is 11.1 Å². The molecule has 0 aliphatic heterocycles. The number of carbonyl (C=O) groups is 2. The van der Waals surface area contributed by atoms with E-state index >= 15 is 0 Å². The molecule has 2 aromatic rings. The number of amides is 2. The van der Waals surface area contributed by atoms with Gasteiger partial charge in [-0.1, -0.05) is 17.7 Å². The monoisotopic (exact) mass is 389 g/mol. The van der Waals surface area contributed by atoms with Crippen LogP contribution in [0.15, 0.2) is 36.4 Å². The summed E-state index contributed by atoms with van der Waals surface area (Å²) < 4.78 is 5.21. The molecule has 0 aliphatic carbocycles. The first kappa shape index (κ1) is 20.7. The second-order valence-corrected chi connectivity index (χ2v) is 6.93. The van der Waals surface area contributed by atoms with E-state index in [9.17, 15) is 9.59 Å². The summed E-state index contributed by atoms with van der Waals surface area (Å²) in [7, 11) is 3.22. The number of hydrogen-bond donors (Lipinski definition) is 2. The van der Waals surface area contributed by atoms with E-state index in [2.05, 4.69) is 10.6 Å². The highest BCUT2D eigenvalue weighted by Crippen LogP contribution is 2.27. The molecule has 7 heteroatoms. The number of rotatable bonds is 7. The van der Waals surface area contributed by atoms with Crippen molar-refractivity contribution in [2.75, 3.05) is 37.9 Å². The fourth-order valence-corrected chi connectivity index (χ4v) is 2.93. The number of benzene rings is 2. The van der Waals surface area contributed by atoms with Gasteiger partial charge in [-0.2, -0.15) is 0 Å². The molecule has 27 heavy (non-hydrogen) atoms. The van der Waals surface area contributed by atoms with E-state index in [1.165, 1.54) is 7.11 Å². The van der Waals surface area contributed by atoms with Gasteiger partial charge in [0.15, 0.2) is 0 Å². The molecule has 0 atom stereocenters. The zero-order chi connectivity index (χ0) is 20.0. The number of carbonyl (C=O) groups excluding carboxylic acids is 2. The fraction of sp³-hybridized carbons (Fsp3) is 0.300. The van der Waals surface area contributed by atoms with Gasteiger partial charge in [-0.15, -0.1) is 0 Å². The SMILES string of the molecule is COc1ccc(Cl)cc1NC(=O)CN(C)CC(=O)Nc1cc(C)cc(C)c1. The summed E-state index contributed by atoms with van der Waals surface area (Å²) >= 11 is 5.96. The number of methoxy groups -OCH3 is 1. The van der Waals surface area contributed by atoms with Crippen molar-refractivity contribution in [1.29, 1.82) is 0 Å². The Labute approximate surface area is 164 Å². The van der Waals surface area contributed by atoms with Crippen LogP contribution < -0.4 is 15.4 Å². The van der Waals surface area contributed by atoms with E-state index in [0.29, 0.717) is 16.5 Å². The molecule has 0 spiro atoms. The van der Waals surface area contributed by atoms with Crippen molar-refractivity contribution in [2.24, 2.45) is 0 Å². The zero-order valence-electron chi connectivity index (χ0n) is 15.9. The third-order valence-electron chi connectivity index (χ3n) is 3.77. The molecular formula is C20H24ClN3O3. The number of halogens is 1. The maximum atomic E-state index is 12.2. The van der Waals surface area contributed by atoms with Crippen LogP contribution in [-0.2, 0) is 9.59 Å². The predicted octanol–water partition coefficient (Wildman–Crippen LogP) is 3.47.